The standard InChI is InChI=1S/C15H23NO3/c1-12-6-5-7-14(13(12)2)19-11-8-15(18)16-9-3-4-10-17/h5-7,17H,3-4,8-11H2,1-2H3,(H,16,18). The van der Waals surface area contributed by atoms with Crippen LogP contribution < -0.4 is 10.1 Å². The highest BCUT2D eigenvalue weighted by Crippen LogP contribution is 2.20. The molecule has 4 nitrogen and oxygen atoms in total. The number of unbranched alkanes of at least 4 members (excludes halogenated alkanes) is 1. The Morgan fingerprint density at radius 1 is 1.32 bits per heavy atom. The van der Waals surface area contributed by atoms with Crippen molar-refractivity contribution < 1.29 is 14.6 Å². The zero-order valence-corrected chi connectivity index (χ0v) is 11.7. The van der Waals surface area contributed by atoms with E-state index in [1.54, 1.807) is 0 Å². The summed E-state index contributed by atoms with van der Waals surface area (Å²) in [7, 11) is 0. The van der Waals surface area contributed by atoms with E-state index >= 15 is 0 Å². The molecule has 0 aliphatic rings. The second kappa shape index (κ2) is 8.53. The molecule has 19 heavy (non-hydrogen) atoms. The zero-order chi connectivity index (χ0) is 14.1. The van der Waals surface area contributed by atoms with E-state index in [0.717, 1.165) is 24.2 Å². The maximum absolute atomic E-state index is 11.5. The van der Waals surface area contributed by atoms with Crippen LogP contribution in [0.5, 0.6) is 5.75 Å². The van der Waals surface area contributed by atoms with Gasteiger partial charge in [-0.05, 0) is 43.9 Å². The molecule has 0 aliphatic heterocycles. The van der Waals surface area contributed by atoms with Crippen molar-refractivity contribution in [3.8, 4) is 5.75 Å². The van der Waals surface area contributed by atoms with E-state index in [0.29, 0.717) is 19.6 Å². The molecule has 2 N–H and O–H groups in total. The van der Waals surface area contributed by atoms with Crippen LogP contribution >= 0.6 is 0 Å². The minimum Gasteiger partial charge on any atom is -0.493 e. The second-order valence-electron chi connectivity index (χ2n) is 4.58. The van der Waals surface area contributed by atoms with Gasteiger partial charge in [-0.3, -0.25) is 4.79 Å². The van der Waals surface area contributed by atoms with Gasteiger partial charge in [0, 0.05) is 13.2 Å². The van der Waals surface area contributed by atoms with E-state index in [-0.39, 0.29) is 12.5 Å². The first-order valence-corrected chi connectivity index (χ1v) is 6.71. The van der Waals surface area contributed by atoms with E-state index in [4.69, 9.17) is 9.84 Å². The van der Waals surface area contributed by atoms with Gasteiger partial charge in [0.05, 0.1) is 13.0 Å². The lowest BCUT2D eigenvalue weighted by molar-refractivity contribution is -0.121. The smallest absolute Gasteiger partial charge is 0.223 e. The maximum Gasteiger partial charge on any atom is 0.223 e. The third-order valence-electron chi connectivity index (χ3n) is 3.05. The first-order chi connectivity index (χ1) is 9.15. The number of aryl methyl sites for hydroxylation is 1. The molecule has 1 aromatic rings. The Morgan fingerprint density at radius 2 is 2.11 bits per heavy atom. The number of hydrogen-bond acceptors (Lipinski definition) is 3. The van der Waals surface area contributed by atoms with Gasteiger partial charge >= 0.3 is 0 Å². The van der Waals surface area contributed by atoms with E-state index in [1.165, 1.54) is 5.56 Å². The Bertz CT molecular complexity index is 404. The molecule has 0 aliphatic carbocycles. The van der Waals surface area contributed by atoms with Gasteiger partial charge in [0.1, 0.15) is 5.75 Å². The third-order valence-corrected chi connectivity index (χ3v) is 3.05. The molecule has 0 fully saturated rings. The lowest BCUT2D eigenvalue weighted by atomic mass is 10.1. The number of aliphatic hydroxyl groups is 1. The van der Waals surface area contributed by atoms with Crippen molar-refractivity contribution >= 4 is 5.91 Å². The number of aliphatic hydroxyl groups excluding tert-OH is 1. The van der Waals surface area contributed by atoms with Crippen LogP contribution in [-0.4, -0.2) is 30.8 Å². The highest BCUT2D eigenvalue weighted by atomic mass is 16.5. The van der Waals surface area contributed by atoms with Gasteiger partial charge < -0.3 is 15.2 Å². The Morgan fingerprint density at radius 3 is 2.84 bits per heavy atom. The summed E-state index contributed by atoms with van der Waals surface area (Å²) < 4.78 is 5.61. The normalized spacial score (nSPS) is 10.3. The molecule has 0 heterocycles. The zero-order valence-electron chi connectivity index (χ0n) is 11.7. The van der Waals surface area contributed by atoms with Gasteiger partial charge in [-0.2, -0.15) is 0 Å². The summed E-state index contributed by atoms with van der Waals surface area (Å²) >= 11 is 0. The van der Waals surface area contributed by atoms with Crippen LogP contribution in [0, 0.1) is 13.8 Å². The molecular formula is C15H23NO3. The van der Waals surface area contributed by atoms with E-state index < -0.39 is 0 Å². The fourth-order valence-corrected chi connectivity index (χ4v) is 1.69. The number of benzene rings is 1. The predicted octanol–water partition coefficient (Wildman–Crippen LogP) is 1.96. The van der Waals surface area contributed by atoms with Gasteiger partial charge in [0.15, 0.2) is 0 Å². The second-order valence-corrected chi connectivity index (χ2v) is 4.58. The number of carbonyl (C=O) groups excluding carboxylic acids is 1. The van der Waals surface area contributed by atoms with Gasteiger partial charge in [-0.1, -0.05) is 12.1 Å². The van der Waals surface area contributed by atoms with Crippen molar-refractivity contribution in [3.63, 3.8) is 0 Å². The molecule has 0 unspecified atom stereocenters. The molecule has 0 atom stereocenters. The Balaban J connectivity index is 2.23. The van der Waals surface area contributed by atoms with Crippen molar-refractivity contribution in [1.82, 2.24) is 5.32 Å². The number of ether oxygens (including phenoxy) is 1. The summed E-state index contributed by atoms with van der Waals surface area (Å²) in [5.41, 5.74) is 2.30. The minimum atomic E-state index is -0.0109. The highest BCUT2D eigenvalue weighted by Gasteiger charge is 2.04. The molecule has 4 heteroatoms. The minimum absolute atomic E-state index is 0.0109. The monoisotopic (exact) mass is 265 g/mol. The van der Waals surface area contributed by atoms with Gasteiger partial charge in [-0.15, -0.1) is 0 Å². The summed E-state index contributed by atoms with van der Waals surface area (Å²) in [4.78, 5) is 11.5. The summed E-state index contributed by atoms with van der Waals surface area (Å²) in [6, 6.07) is 5.91. The van der Waals surface area contributed by atoms with Crippen molar-refractivity contribution in [1.29, 1.82) is 0 Å². The summed E-state index contributed by atoms with van der Waals surface area (Å²) in [5, 5.41) is 11.4. The highest BCUT2D eigenvalue weighted by molar-refractivity contribution is 5.75. The van der Waals surface area contributed by atoms with E-state index in [2.05, 4.69) is 5.32 Å². The molecule has 0 bridgehead atoms. The van der Waals surface area contributed by atoms with E-state index in [1.807, 2.05) is 32.0 Å². The van der Waals surface area contributed by atoms with Crippen LogP contribution in [-0.2, 0) is 4.79 Å². The summed E-state index contributed by atoms with van der Waals surface area (Å²) in [5.74, 6) is 0.830. The quantitative estimate of drug-likeness (QED) is 0.706. The average molecular weight is 265 g/mol. The van der Waals surface area contributed by atoms with Crippen molar-refractivity contribution in [2.45, 2.75) is 33.1 Å². The summed E-state index contributed by atoms with van der Waals surface area (Å²) in [6.45, 7) is 5.22. The number of amides is 1. The largest absolute Gasteiger partial charge is 0.493 e. The molecule has 0 saturated heterocycles. The molecule has 0 saturated carbocycles. The van der Waals surface area contributed by atoms with Crippen LogP contribution in [0.25, 0.3) is 0 Å². The number of nitrogens with one attached hydrogen (secondary N) is 1. The third kappa shape index (κ3) is 5.75. The van der Waals surface area contributed by atoms with Gasteiger partial charge in [0.2, 0.25) is 5.91 Å². The molecule has 0 aromatic heterocycles. The van der Waals surface area contributed by atoms with Crippen molar-refractivity contribution in [2.24, 2.45) is 0 Å². The van der Waals surface area contributed by atoms with Crippen LogP contribution in [0.15, 0.2) is 18.2 Å². The molecular weight excluding hydrogens is 242 g/mol. The maximum atomic E-state index is 11.5. The Labute approximate surface area is 114 Å². The lowest BCUT2D eigenvalue weighted by Crippen LogP contribution is -2.26. The fourth-order valence-electron chi connectivity index (χ4n) is 1.69. The molecule has 1 rings (SSSR count). The Hall–Kier alpha value is -1.55. The van der Waals surface area contributed by atoms with Gasteiger partial charge in [-0.25, -0.2) is 0 Å². The molecule has 1 aromatic carbocycles. The van der Waals surface area contributed by atoms with E-state index in [9.17, 15) is 4.79 Å². The van der Waals surface area contributed by atoms with Gasteiger partial charge in [0.25, 0.3) is 0 Å². The lowest BCUT2D eigenvalue weighted by Gasteiger charge is -2.10. The molecule has 0 spiro atoms. The topological polar surface area (TPSA) is 58.6 Å². The van der Waals surface area contributed by atoms with Crippen LogP contribution in [0.1, 0.15) is 30.4 Å². The van der Waals surface area contributed by atoms with Crippen molar-refractivity contribution in [2.75, 3.05) is 19.8 Å². The Kier molecular flexibility index (Phi) is 6.97. The van der Waals surface area contributed by atoms with Crippen molar-refractivity contribution in [3.05, 3.63) is 29.3 Å². The van der Waals surface area contributed by atoms with Crippen LogP contribution in [0.4, 0.5) is 0 Å². The first-order valence-electron chi connectivity index (χ1n) is 6.71. The van der Waals surface area contributed by atoms with Crippen LogP contribution in [0.2, 0.25) is 0 Å². The van der Waals surface area contributed by atoms with Crippen LogP contribution in [0.3, 0.4) is 0 Å². The predicted molar refractivity (Wildman–Crippen MR) is 75.4 cm³/mol. The first kappa shape index (κ1) is 15.5. The fraction of sp³-hybridized carbons (Fsp3) is 0.533. The number of carbonyl (C=O) groups is 1. The summed E-state index contributed by atoms with van der Waals surface area (Å²) in [6.07, 6.45) is 1.88. The number of rotatable bonds is 8. The molecule has 1 amide bonds. The molecule has 106 valence electrons. The molecule has 0 radical (unpaired) electrons. The number of hydrogen-bond donors (Lipinski definition) is 2. The average Bonchev–Trinajstić information content (AvgIpc) is 2.40. The SMILES string of the molecule is Cc1cccc(OCCC(=O)NCCCCO)c1C.